The van der Waals surface area contributed by atoms with E-state index in [4.69, 9.17) is 9.15 Å². The highest BCUT2D eigenvalue weighted by atomic mass is 32.1. The average molecular weight is 441 g/mol. The SMILES string of the molecule is COc1ccc2c(C)c(CCC(=O)NCC(c3cccs3)N3CCCC3)c(=O)oc2c1. The van der Waals surface area contributed by atoms with E-state index in [1.807, 2.05) is 19.1 Å². The third kappa shape index (κ3) is 4.83. The fourth-order valence-electron chi connectivity index (χ4n) is 4.27. The second kappa shape index (κ2) is 9.66. The molecule has 0 aliphatic carbocycles. The van der Waals surface area contributed by atoms with E-state index in [0.717, 1.165) is 24.0 Å². The largest absolute Gasteiger partial charge is 0.497 e. The van der Waals surface area contributed by atoms with Crippen molar-refractivity contribution in [1.82, 2.24) is 10.2 Å². The van der Waals surface area contributed by atoms with Crippen molar-refractivity contribution in [2.45, 2.75) is 38.6 Å². The third-order valence-electron chi connectivity index (χ3n) is 6.04. The van der Waals surface area contributed by atoms with Crippen molar-refractivity contribution in [3.05, 3.63) is 62.1 Å². The lowest BCUT2D eigenvalue weighted by molar-refractivity contribution is -0.121. The van der Waals surface area contributed by atoms with E-state index >= 15 is 0 Å². The van der Waals surface area contributed by atoms with E-state index in [1.165, 1.54) is 17.7 Å². The fraction of sp³-hybridized carbons (Fsp3) is 0.417. The number of fused-ring (bicyclic) bond motifs is 1. The first kappa shape index (κ1) is 21.6. The van der Waals surface area contributed by atoms with Gasteiger partial charge in [0.2, 0.25) is 5.91 Å². The highest BCUT2D eigenvalue weighted by Crippen LogP contribution is 2.28. The number of methoxy groups -OCH3 is 1. The first-order chi connectivity index (χ1) is 15.1. The van der Waals surface area contributed by atoms with Gasteiger partial charge in [-0.15, -0.1) is 11.3 Å². The van der Waals surface area contributed by atoms with E-state index in [0.29, 0.717) is 29.9 Å². The van der Waals surface area contributed by atoms with E-state index in [2.05, 4.69) is 27.7 Å². The fourth-order valence-corrected chi connectivity index (χ4v) is 5.13. The van der Waals surface area contributed by atoms with E-state index in [9.17, 15) is 9.59 Å². The molecule has 0 saturated carbocycles. The minimum Gasteiger partial charge on any atom is -0.497 e. The van der Waals surface area contributed by atoms with Crippen LogP contribution in [0.3, 0.4) is 0 Å². The molecule has 3 aromatic rings. The molecule has 1 N–H and O–H groups in total. The van der Waals surface area contributed by atoms with Gasteiger partial charge in [0.05, 0.1) is 13.2 Å². The highest BCUT2D eigenvalue weighted by molar-refractivity contribution is 7.10. The van der Waals surface area contributed by atoms with Crippen LogP contribution in [-0.4, -0.2) is 37.6 Å². The summed E-state index contributed by atoms with van der Waals surface area (Å²) in [5.74, 6) is 0.592. The Bertz CT molecular complexity index is 1100. The molecule has 0 spiro atoms. The quantitative estimate of drug-likeness (QED) is 0.535. The van der Waals surface area contributed by atoms with Gasteiger partial charge in [-0.3, -0.25) is 9.69 Å². The summed E-state index contributed by atoms with van der Waals surface area (Å²) in [6, 6.07) is 9.85. The van der Waals surface area contributed by atoms with Gasteiger partial charge in [0.15, 0.2) is 0 Å². The summed E-state index contributed by atoms with van der Waals surface area (Å²) in [4.78, 5) is 28.8. The summed E-state index contributed by atoms with van der Waals surface area (Å²) in [7, 11) is 1.58. The molecule has 2 aromatic heterocycles. The van der Waals surface area contributed by atoms with Gasteiger partial charge < -0.3 is 14.5 Å². The van der Waals surface area contributed by atoms with Crippen LogP contribution in [0.4, 0.5) is 0 Å². The Kier molecular flexibility index (Phi) is 6.73. The zero-order chi connectivity index (χ0) is 21.8. The molecule has 1 aliphatic heterocycles. The Hall–Kier alpha value is -2.64. The van der Waals surface area contributed by atoms with Crippen molar-refractivity contribution in [3.63, 3.8) is 0 Å². The molecule has 6 nitrogen and oxygen atoms in total. The van der Waals surface area contributed by atoms with Gasteiger partial charge in [-0.25, -0.2) is 4.79 Å². The van der Waals surface area contributed by atoms with Crippen LogP contribution in [0.25, 0.3) is 11.0 Å². The van der Waals surface area contributed by atoms with Crippen molar-refractivity contribution in [2.75, 3.05) is 26.7 Å². The number of hydrogen-bond acceptors (Lipinski definition) is 6. The van der Waals surface area contributed by atoms with Gasteiger partial charge in [0.25, 0.3) is 0 Å². The normalized spacial score (nSPS) is 15.3. The molecular weight excluding hydrogens is 412 g/mol. The van der Waals surface area contributed by atoms with Gasteiger partial charge in [0.1, 0.15) is 11.3 Å². The number of nitrogens with zero attached hydrogens (tertiary/aromatic N) is 1. The number of benzene rings is 1. The molecule has 164 valence electrons. The highest BCUT2D eigenvalue weighted by Gasteiger charge is 2.24. The van der Waals surface area contributed by atoms with E-state index < -0.39 is 0 Å². The molecule has 0 radical (unpaired) electrons. The third-order valence-corrected chi connectivity index (χ3v) is 7.02. The first-order valence-corrected chi connectivity index (χ1v) is 11.6. The van der Waals surface area contributed by atoms with Crippen molar-refractivity contribution in [2.24, 2.45) is 0 Å². The van der Waals surface area contributed by atoms with Crippen LogP contribution in [0.1, 0.15) is 41.3 Å². The smallest absolute Gasteiger partial charge is 0.339 e. The number of hydrogen-bond donors (Lipinski definition) is 1. The molecule has 1 aliphatic rings. The van der Waals surface area contributed by atoms with Crippen LogP contribution in [0.2, 0.25) is 0 Å². The maximum atomic E-state index is 12.6. The number of amides is 1. The molecule has 1 amide bonds. The first-order valence-electron chi connectivity index (χ1n) is 10.7. The summed E-state index contributed by atoms with van der Waals surface area (Å²) in [6.45, 7) is 4.63. The van der Waals surface area contributed by atoms with Crippen molar-refractivity contribution < 1.29 is 13.9 Å². The van der Waals surface area contributed by atoms with Gasteiger partial charge in [-0.2, -0.15) is 0 Å². The van der Waals surface area contributed by atoms with Crippen LogP contribution in [0.5, 0.6) is 5.75 Å². The number of carbonyl (C=O) groups excluding carboxylic acids is 1. The Morgan fingerprint density at radius 1 is 1.29 bits per heavy atom. The van der Waals surface area contributed by atoms with Crippen molar-refractivity contribution in [1.29, 1.82) is 0 Å². The number of nitrogens with one attached hydrogen (secondary N) is 1. The summed E-state index contributed by atoms with van der Waals surface area (Å²) in [5.41, 5.74) is 1.52. The van der Waals surface area contributed by atoms with Crippen LogP contribution in [-0.2, 0) is 11.2 Å². The van der Waals surface area contributed by atoms with Gasteiger partial charge >= 0.3 is 5.63 Å². The number of rotatable bonds is 8. The maximum absolute atomic E-state index is 12.6. The molecule has 7 heteroatoms. The number of thiophene rings is 1. The molecule has 3 heterocycles. The van der Waals surface area contributed by atoms with Crippen LogP contribution in [0.15, 0.2) is 44.9 Å². The lowest BCUT2D eigenvalue weighted by atomic mass is 10.0. The number of ether oxygens (including phenoxy) is 1. The van der Waals surface area contributed by atoms with E-state index in [1.54, 1.807) is 24.5 Å². The van der Waals surface area contributed by atoms with Gasteiger partial charge in [-0.1, -0.05) is 6.07 Å². The molecule has 1 unspecified atom stereocenters. The minimum atomic E-state index is -0.389. The predicted molar refractivity (Wildman–Crippen MR) is 123 cm³/mol. The van der Waals surface area contributed by atoms with Gasteiger partial charge in [0, 0.05) is 34.9 Å². The predicted octanol–water partition coefficient (Wildman–Crippen LogP) is 4.06. The molecule has 0 bridgehead atoms. The lowest BCUT2D eigenvalue weighted by Gasteiger charge is -2.27. The Balaban J connectivity index is 1.41. The van der Waals surface area contributed by atoms with Crippen molar-refractivity contribution in [3.8, 4) is 5.75 Å². The molecule has 1 saturated heterocycles. The molecule has 31 heavy (non-hydrogen) atoms. The standard InChI is InChI=1S/C24H28N2O4S/c1-16-18-8-7-17(29-2)14-21(18)30-24(28)19(16)9-10-23(27)25-15-20(22-6-5-13-31-22)26-11-3-4-12-26/h5-8,13-14,20H,3-4,9-12,15H2,1-2H3,(H,25,27). The zero-order valence-corrected chi connectivity index (χ0v) is 18.8. The zero-order valence-electron chi connectivity index (χ0n) is 18.0. The second-order valence-electron chi connectivity index (χ2n) is 7.93. The number of aryl methyl sites for hydroxylation is 1. The maximum Gasteiger partial charge on any atom is 0.339 e. The Labute approximate surface area is 185 Å². The molecule has 1 fully saturated rings. The second-order valence-corrected chi connectivity index (χ2v) is 8.91. The molecule has 1 atom stereocenters. The summed E-state index contributed by atoms with van der Waals surface area (Å²) >= 11 is 1.73. The summed E-state index contributed by atoms with van der Waals surface area (Å²) in [6.07, 6.45) is 3.03. The van der Waals surface area contributed by atoms with Crippen LogP contribution in [0, 0.1) is 6.92 Å². The Morgan fingerprint density at radius 3 is 2.81 bits per heavy atom. The number of likely N-dealkylation sites (tertiary alicyclic amines) is 1. The molecule has 4 rings (SSSR count). The molecular formula is C24H28N2O4S. The van der Waals surface area contributed by atoms with Gasteiger partial charge in [-0.05, 0) is 68.4 Å². The van der Waals surface area contributed by atoms with Crippen LogP contribution < -0.4 is 15.7 Å². The molecule has 1 aromatic carbocycles. The minimum absolute atomic E-state index is 0.0469. The van der Waals surface area contributed by atoms with Crippen molar-refractivity contribution >= 4 is 28.2 Å². The number of carbonyl (C=O) groups is 1. The summed E-state index contributed by atoms with van der Waals surface area (Å²) < 4.78 is 10.7. The van der Waals surface area contributed by atoms with E-state index in [-0.39, 0.29) is 24.0 Å². The monoisotopic (exact) mass is 440 g/mol. The average Bonchev–Trinajstić information content (AvgIpc) is 3.48. The topological polar surface area (TPSA) is 71.8 Å². The lowest BCUT2D eigenvalue weighted by Crippen LogP contribution is -2.36. The van der Waals surface area contributed by atoms with Crippen LogP contribution >= 0.6 is 11.3 Å². The Morgan fingerprint density at radius 2 is 2.10 bits per heavy atom. The summed E-state index contributed by atoms with van der Waals surface area (Å²) in [5, 5.41) is 6.03.